The molecule has 1 fully saturated rings. The molecule has 0 unspecified atom stereocenters. The van der Waals surface area contributed by atoms with E-state index in [0.29, 0.717) is 45.2 Å². The first-order valence-corrected chi connectivity index (χ1v) is 11.7. The number of halogens is 1. The molecule has 0 radical (unpaired) electrons. The minimum Gasteiger partial charge on any atom is -0.437 e. The van der Waals surface area contributed by atoms with Crippen LogP contribution in [0.3, 0.4) is 0 Å². The van der Waals surface area contributed by atoms with Gasteiger partial charge in [-0.2, -0.15) is 4.98 Å². The fourth-order valence-electron chi connectivity index (χ4n) is 3.32. The average molecular weight is 502 g/mol. The monoisotopic (exact) mass is 501 g/mol. The van der Waals surface area contributed by atoms with Crippen LogP contribution in [-0.4, -0.2) is 44.8 Å². The molecule has 0 N–H and O–H groups in total. The maximum atomic E-state index is 13.4. The number of ether oxygens (including phenoxy) is 2. The van der Waals surface area contributed by atoms with Crippen molar-refractivity contribution in [3.8, 4) is 11.6 Å². The highest BCUT2D eigenvalue weighted by Gasteiger charge is 2.32. The lowest BCUT2D eigenvalue weighted by atomic mass is 10.2. The number of hydrogen-bond donors (Lipinski definition) is 0. The highest BCUT2D eigenvalue weighted by molar-refractivity contribution is 8.26. The molecule has 0 bridgehead atoms. The number of rotatable bonds is 7. The molecule has 1 aliphatic rings. The molecule has 170 valence electrons. The first-order valence-electron chi connectivity index (χ1n) is 10.1. The smallest absolute Gasteiger partial charge is 0.269 e. The highest BCUT2D eigenvalue weighted by Crippen LogP contribution is 2.35. The SMILES string of the molecule is COCCCN1C(=O)/C(=C\c2c(Oc3ccccc3Cl)nc3c(C)cccn3c2=O)SC1=S. The summed E-state index contributed by atoms with van der Waals surface area (Å²) in [5.41, 5.74) is 1.02. The molecule has 0 spiro atoms. The number of aryl methyl sites for hydroxylation is 1. The van der Waals surface area contributed by atoms with Gasteiger partial charge in [0.2, 0.25) is 5.88 Å². The summed E-state index contributed by atoms with van der Waals surface area (Å²) in [5.74, 6) is 0.149. The van der Waals surface area contributed by atoms with E-state index in [1.807, 2.05) is 13.0 Å². The zero-order valence-electron chi connectivity index (χ0n) is 17.9. The van der Waals surface area contributed by atoms with Crippen molar-refractivity contribution in [3.05, 3.63) is 74.0 Å². The van der Waals surface area contributed by atoms with Crippen LogP contribution in [0, 0.1) is 6.92 Å². The topological polar surface area (TPSA) is 73.1 Å². The van der Waals surface area contributed by atoms with Crippen LogP contribution in [0.1, 0.15) is 17.5 Å². The van der Waals surface area contributed by atoms with Gasteiger partial charge < -0.3 is 9.47 Å². The van der Waals surface area contributed by atoms with Gasteiger partial charge in [-0.15, -0.1) is 0 Å². The Morgan fingerprint density at radius 1 is 1.21 bits per heavy atom. The summed E-state index contributed by atoms with van der Waals surface area (Å²) >= 11 is 12.8. The van der Waals surface area contributed by atoms with Crippen LogP contribution in [0.25, 0.3) is 11.7 Å². The lowest BCUT2D eigenvalue weighted by Crippen LogP contribution is -2.29. The van der Waals surface area contributed by atoms with E-state index in [2.05, 4.69) is 4.98 Å². The van der Waals surface area contributed by atoms with Crippen LogP contribution in [0.15, 0.2) is 52.3 Å². The van der Waals surface area contributed by atoms with Crippen LogP contribution < -0.4 is 10.3 Å². The quantitative estimate of drug-likeness (QED) is 0.264. The van der Waals surface area contributed by atoms with E-state index in [1.165, 1.54) is 15.4 Å². The van der Waals surface area contributed by atoms with Crippen molar-refractivity contribution in [1.82, 2.24) is 14.3 Å². The Balaban J connectivity index is 1.82. The van der Waals surface area contributed by atoms with Gasteiger partial charge in [0.25, 0.3) is 11.5 Å². The Kier molecular flexibility index (Phi) is 7.14. The molecule has 0 aliphatic carbocycles. The molecule has 2 aromatic heterocycles. The Bertz CT molecular complexity index is 1340. The maximum absolute atomic E-state index is 13.4. The number of pyridine rings is 1. The molecule has 1 aromatic carbocycles. The van der Waals surface area contributed by atoms with Crippen molar-refractivity contribution in [3.63, 3.8) is 0 Å². The van der Waals surface area contributed by atoms with E-state index in [9.17, 15) is 9.59 Å². The number of para-hydroxylation sites is 1. The number of benzene rings is 1. The lowest BCUT2D eigenvalue weighted by Gasteiger charge is -2.14. The predicted molar refractivity (Wildman–Crippen MR) is 134 cm³/mol. The largest absolute Gasteiger partial charge is 0.437 e. The highest BCUT2D eigenvalue weighted by atomic mass is 35.5. The fourth-order valence-corrected chi connectivity index (χ4v) is 4.78. The zero-order valence-corrected chi connectivity index (χ0v) is 20.3. The number of nitrogens with zero attached hydrogens (tertiary/aromatic N) is 3. The first kappa shape index (κ1) is 23.4. The fraction of sp³-hybridized carbons (Fsp3) is 0.217. The second kappa shape index (κ2) is 10.0. The van der Waals surface area contributed by atoms with Gasteiger partial charge in [-0.25, -0.2) is 0 Å². The summed E-state index contributed by atoms with van der Waals surface area (Å²) < 4.78 is 12.9. The average Bonchev–Trinajstić information content (AvgIpc) is 3.06. The molecule has 3 heterocycles. The second-order valence-corrected chi connectivity index (χ2v) is 9.32. The molecule has 7 nitrogen and oxygen atoms in total. The molecule has 1 aliphatic heterocycles. The Morgan fingerprint density at radius 3 is 2.76 bits per heavy atom. The minimum atomic E-state index is -0.365. The normalized spacial score (nSPS) is 15.1. The molecule has 33 heavy (non-hydrogen) atoms. The third-order valence-electron chi connectivity index (χ3n) is 4.97. The Morgan fingerprint density at radius 2 is 2.00 bits per heavy atom. The lowest BCUT2D eigenvalue weighted by molar-refractivity contribution is -0.122. The van der Waals surface area contributed by atoms with Crippen LogP contribution in [0.4, 0.5) is 0 Å². The van der Waals surface area contributed by atoms with Gasteiger partial charge in [-0.3, -0.25) is 18.9 Å². The number of fused-ring (bicyclic) bond motifs is 1. The van der Waals surface area contributed by atoms with Gasteiger partial charge in [0.15, 0.2) is 0 Å². The van der Waals surface area contributed by atoms with Gasteiger partial charge in [0, 0.05) is 26.5 Å². The number of carbonyl (C=O) groups is 1. The zero-order chi connectivity index (χ0) is 23.5. The van der Waals surface area contributed by atoms with E-state index in [4.69, 9.17) is 33.3 Å². The third kappa shape index (κ3) is 4.81. The van der Waals surface area contributed by atoms with Crippen molar-refractivity contribution in [2.45, 2.75) is 13.3 Å². The summed E-state index contributed by atoms with van der Waals surface area (Å²) in [5, 5.41) is 0.375. The number of amides is 1. The number of methoxy groups -OCH3 is 1. The number of aromatic nitrogens is 2. The van der Waals surface area contributed by atoms with Gasteiger partial charge in [0.1, 0.15) is 21.3 Å². The Labute approximate surface area is 205 Å². The van der Waals surface area contributed by atoms with Crippen molar-refractivity contribution in [2.75, 3.05) is 20.3 Å². The molecule has 3 aromatic rings. The molecule has 4 rings (SSSR count). The molecular formula is C23H20ClN3O4S2. The molecule has 1 saturated heterocycles. The van der Waals surface area contributed by atoms with Gasteiger partial charge in [-0.05, 0) is 43.2 Å². The van der Waals surface area contributed by atoms with Gasteiger partial charge in [-0.1, -0.05) is 53.8 Å². The van der Waals surface area contributed by atoms with E-state index in [0.717, 1.165) is 17.3 Å². The molecule has 0 saturated carbocycles. The van der Waals surface area contributed by atoms with Crippen molar-refractivity contribution >= 4 is 57.5 Å². The summed E-state index contributed by atoms with van der Waals surface area (Å²) in [7, 11) is 1.60. The van der Waals surface area contributed by atoms with Crippen LogP contribution >= 0.6 is 35.6 Å². The second-order valence-electron chi connectivity index (χ2n) is 7.23. The minimum absolute atomic E-state index is 0.0621. The molecule has 10 heteroatoms. The van der Waals surface area contributed by atoms with Crippen LogP contribution in [0.2, 0.25) is 5.02 Å². The Hall–Kier alpha value is -2.72. The standard InChI is InChI=1S/C23H20ClN3O4S2/c1-14-7-5-10-26-19(14)25-20(31-17-9-4-3-8-16(17)24)15(21(26)28)13-18-22(29)27(23(32)33-18)11-6-12-30-2/h3-5,7-10,13H,6,11-12H2,1-2H3/b18-13+. The number of thiocarbonyl (C=S) groups is 1. The van der Waals surface area contributed by atoms with Crippen molar-refractivity contribution in [1.29, 1.82) is 0 Å². The number of hydrogen-bond acceptors (Lipinski definition) is 7. The summed E-state index contributed by atoms with van der Waals surface area (Å²) in [6.07, 6.45) is 3.77. The van der Waals surface area contributed by atoms with Crippen molar-refractivity contribution < 1.29 is 14.3 Å². The molecule has 0 atom stereocenters. The van der Waals surface area contributed by atoms with E-state index < -0.39 is 0 Å². The predicted octanol–water partition coefficient (Wildman–Crippen LogP) is 4.69. The van der Waals surface area contributed by atoms with Crippen LogP contribution in [-0.2, 0) is 9.53 Å². The van der Waals surface area contributed by atoms with Crippen molar-refractivity contribution in [2.24, 2.45) is 0 Å². The third-order valence-corrected chi connectivity index (χ3v) is 6.66. The first-order chi connectivity index (χ1) is 15.9. The number of thioether (sulfide) groups is 1. The number of carbonyl (C=O) groups excluding carboxylic acids is 1. The summed E-state index contributed by atoms with van der Waals surface area (Å²) in [6, 6.07) is 10.5. The van der Waals surface area contributed by atoms with E-state index in [-0.39, 0.29) is 22.9 Å². The van der Waals surface area contributed by atoms with Crippen LogP contribution in [0.5, 0.6) is 11.6 Å². The summed E-state index contributed by atoms with van der Waals surface area (Å²) in [4.78, 5) is 32.8. The van der Waals surface area contributed by atoms with Gasteiger partial charge in [0.05, 0.1) is 9.93 Å². The molecular weight excluding hydrogens is 482 g/mol. The maximum Gasteiger partial charge on any atom is 0.269 e. The van der Waals surface area contributed by atoms with E-state index >= 15 is 0 Å². The summed E-state index contributed by atoms with van der Waals surface area (Å²) in [6.45, 7) is 2.81. The molecule has 1 amide bonds. The van der Waals surface area contributed by atoms with E-state index in [1.54, 1.807) is 43.6 Å². The van der Waals surface area contributed by atoms with Gasteiger partial charge >= 0.3 is 0 Å².